The molecule has 0 saturated carbocycles. The Bertz CT molecular complexity index is 1090. The van der Waals surface area contributed by atoms with Crippen molar-refractivity contribution in [3.63, 3.8) is 0 Å². The molecule has 2 aromatic rings. The number of carbonyl (C=O) groups is 1. The van der Waals surface area contributed by atoms with Crippen molar-refractivity contribution in [1.82, 2.24) is 4.98 Å². The van der Waals surface area contributed by atoms with Gasteiger partial charge in [0.05, 0.1) is 30.0 Å². The molecule has 0 spiro atoms. The number of aliphatic hydroxyl groups excluding tert-OH is 2. The van der Waals surface area contributed by atoms with Gasteiger partial charge in [0.25, 0.3) is 0 Å². The van der Waals surface area contributed by atoms with Crippen molar-refractivity contribution in [3.05, 3.63) is 64.7 Å². The van der Waals surface area contributed by atoms with E-state index >= 15 is 0 Å². The molecule has 1 aliphatic carbocycles. The highest BCUT2D eigenvalue weighted by Gasteiger charge is 2.24. The van der Waals surface area contributed by atoms with Gasteiger partial charge in [0.15, 0.2) is 0 Å². The average Bonchev–Trinajstić information content (AvgIpc) is 2.99. The molecule has 1 heterocycles. The number of aliphatic hydroxyl groups is 2. The fourth-order valence-corrected chi connectivity index (χ4v) is 4.75. The summed E-state index contributed by atoms with van der Waals surface area (Å²) < 4.78 is 13.8. The molecule has 6 heteroatoms. The van der Waals surface area contributed by atoms with Gasteiger partial charge in [-0.15, -0.1) is 0 Å². The van der Waals surface area contributed by atoms with Crippen molar-refractivity contribution in [1.29, 1.82) is 0 Å². The first-order valence-electron chi connectivity index (χ1n) is 12.5. The van der Waals surface area contributed by atoms with Crippen LogP contribution in [0.25, 0.3) is 22.8 Å². The predicted molar refractivity (Wildman–Crippen MR) is 137 cm³/mol. The van der Waals surface area contributed by atoms with Crippen molar-refractivity contribution < 1.29 is 24.5 Å². The van der Waals surface area contributed by atoms with Crippen molar-refractivity contribution in [2.24, 2.45) is 0 Å². The lowest BCUT2D eigenvalue weighted by Crippen LogP contribution is -2.19. The van der Waals surface area contributed by atoms with Gasteiger partial charge in [-0.2, -0.15) is 0 Å². The van der Waals surface area contributed by atoms with Crippen molar-refractivity contribution in [2.75, 3.05) is 0 Å². The SMILES string of the molecule is CC/C=C1\CCCCc2c1nc(C(C)C)c(/C=C/[C@@H](O)C[C@@H](O)CC(=O)O)c2-c1ccc(F)cc1. The highest BCUT2D eigenvalue weighted by molar-refractivity contribution is 5.84. The first-order chi connectivity index (χ1) is 16.7. The van der Waals surface area contributed by atoms with Crippen LogP contribution in [0, 0.1) is 5.82 Å². The molecule has 0 amide bonds. The van der Waals surface area contributed by atoms with Gasteiger partial charge < -0.3 is 15.3 Å². The van der Waals surface area contributed by atoms with Crippen molar-refractivity contribution >= 4 is 17.6 Å². The van der Waals surface area contributed by atoms with Gasteiger partial charge in [-0.25, -0.2) is 4.39 Å². The van der Waals surface area contributed by atoms with E-state index in [4.69, 9.17) is 10.1 Å². The van der Waals surface area contributed by atoms with Crippen LogP contribution in [-0.2, 0) is 11.2 Å². The normalized spacial score (nSPS) is 16.9. The maximum Gasteiger partial charge on any atom is 0.305 e. The lowest BCUT2D eigenvalue weighted by atomic mass is 9.86. The molecule has 0 saturated heterocycles. The molecule has 1 aliphatic rings. The zero-order chi connectivity index (χ0) is 25.5. The monoisotopic (exact) mass is 481 g/mol. The van der Waals surface area contributed by atoms with Crippen LogP contribution in [0.15, 0.2) is 36.4 Å². The Morgan fingerprint density at radius 3 is 2.46 bits per heavy atom. The molecule has 0 unspecified atom stereocenters. The van der Waals surface area contributed by atoms with Crippen LogP contribution in [-0.4, -0.2) is 38.5 Å². The lowest BCUT2D eigenvalue weighted by molar-refractivity contribution is -0.139. The van der Waals surface area contributed by atoms with Crippen LogP contribution in [0.1, 0.15) is 87.7 Å². The standard InChI is InChI=1S/C29H36FNO4/c1-4-7-20-8-5-6-9-24-27(19-10-12-21(30)13-11-19)25(28(18(2)3)31-29(20)24)15-14-22(32)16-23(33)17-26(34)35/h7,10-15,18,22-23,32-33H,4-6,8-9,16-17H2,1-3H3,(H,34,35)/b15-14+,20-7+/t22-,23-/m1/s1. The third-order valence-electron chi connectivity index (χ3n) is 6.33. The summed E-state index contributed by atoms with van der Waals surface area (Å²) in [6.45, 7) is 6.28. The highest BCUT2D eigenvalue weighted by Crippen LogP contribution is 2.40. The highest BCUT2D eigenvalue weighted by atomic mass is 19.1. The van der Waals surface area contributed by atoms with Crippen LogP contribution in [0.4, 0.5) is 4.39 Å². The molecule has 0 fully saturated rings. The molecular weight excluding hydrogens is 445 g/mol. The molecule has 0 bridgehead atoms. The van der Waals surface area contributed by atoms with Crippen LogP contribution >= 0.6 is 0 Å². The zero-order valence-electron chi connectivity index (χ0n) is 20.8. The first kappa shape index (κ1) is 26.8. The van der Waals surface area contributed by atoms with E-state index in [1.807, 2.05) is 6.08 Å². The predicted octanol–water partition coefficient (Wildman–Crippen LogP) is 6.13. The topological polar surface area (TPSA) is 90.7 Å². The van der Waals surface area contributed by atoms with Gasteiger partial charge in [-0.1, -0.05) is 51.1 Å². The average molecular weight is 482 g/mol. The van der Waals surface area contributed by atoms with Gasteiger partial charge in [0.2, 0.25) is 0 Å². The van der Waals surface area contributed by atoms with Crippen LogP contribution in [0.3, 0.4) is 0 Å². The van der Waals surface area contributed by atoms with Crippen LogP contribution in [0.5, 0.6) is 0 Å². The Kier molecular flexibility index (Phi) is 9.35. The number of nitrogens with zero attached hydrogens (tertiary/aromatic N) is 1. The maximum absolute atomic E-state index is 13.8. The Labute approximate surface area is 207 Å². The van der Waals surface area contributed by atoms with Gasteiger partial charge >= 0.3 is 5.97 Å². The summed E-state index contributed by atoms with van der Waals surface area (Å²) in [5.74, 6) is -1.32. The number of hydrogen-bond donors (Lipinski definition) is 3. The fourth-order valence-electron chi connectivity index (χ4n) is 4.75. The van der Waals surface area contributed by atoms with Crippen LogP contribution < -0.4 is 0 Å². The van der Waals surface area contributed by atoms with Gasteiger partial charge in [-0.05, 0) is 72.4 Å². The van der Waals surface area contributed by atoms with E-state index in [-0.39, 0.29) is 18.2 Å². The number of hydrogen-bond acceptors (Lipinski definition) is 4. The number of aliphatic carboxylic acids is 1. The maximum atomic E-state index is 13.8. The summed E-state index contributed by atoms with van der Waals surface area (Å²) in [5.41, 5.74) is 7.05. The Morgan fingerprint density at radius 2 is 1.83 bits per heavy atom. The molecule has 0 aliphatic heterocycles. The largest absolute Gasteiger partial charge is 0.481 e. The van der Waals surface area contributed by atoms with Crippen LogP contribution in [0.2, 0.25) is 0 Å². The Balaban J connectivity index is 2.19. The molecule has 3 rings (SSSR count). The van der Waals surface area contributed by atoms with Gasteiger partial charge in [-0.3, -0.25) is 9.78 Å². The van der Waals surface area contributed by atoms with E-state index in [1.54, 1.807) is 18.2 Å². The minimum Gasteiger partial charge on any atom is -0.481 e. The molecule has 3 N–H and O–H groups in total. The van der Waals surface area contributed by atoms with Crippen molar-refractivity contribution in [2.45, 2.75) is 83.8 Å². The molecular formula is C29H36FNO4. The summed E-state index contributed by atoms with van der Waals surface area (Å²) in [7, 11) is 0. The van der Waals surface area contributed by atoms with E-state index in [0.29, 0.717) is 0 Å². The van der Waals surface area contributed by atoms with Crippen molar-refractivity contribution in [3.8, 4) is 11.1 Å². The zero-order valence-corrected chi connectivity index (χ0v) is 20.8. The van der Waals surface area contributed by atoms with E-state index in [2.05, 4.69) is 26.8 Å². The Morgan fingerprint density at radius 1 is 1.14 bits per heavy atom. The third-order valence-corrected chi connectivity index (χ3v) is 6.33. The van der Waals surface area contributed by atoms with E-state index in [9.17, 15) is 19.4 Å². The summed E-state index contributed by atoms with van der Waals surface area (Å²) in [5, 5.41) is 29.3. The number of aromatic nitrogens is 1. The number of rotatable bonds is 9. The second-order valence-corrected chi connectivity index (χ2v) is 9.53. The summed E-state index contributed by atoms with van der Waals surface area (Å²) in [6, 6.07) is 6.49. The molecule has 1 aromatic heterocycles. The summed E-state index contributed by atoms with van der Waals surface area (Å²) in [6.07, 6.45) is 7.87. The van der Waals surface area contributed by atoms with Gasteiger partial charge in [0, 0.05) is 12.0 Å². The first-order valence-corrected chi connectivity index (χ1v) is 12.5. The molecule has 2 atom stereocenters. The molecule has 35 heavy (non-hydrogen) atoms. The number of halogens is 1. The lowest BCUT2D eigenvalue weighted by Gasteiger charge is -2.22. The van der Waals surface area contributed by atoms with E-state index in [1.165, 1.54) is 17.7 Å². The Hall–Kier alpha value is -2.83. The number of benzene rings is 1. The van der Waals surface area contributed by atoms with E-state index < -0.39 is 24.6 Å². The molecule has 188 valence electrons. The summed E-state index contributed by atoms with van der Waals surface area (Å²) >= 11 is 0. The van der Waals surface area contributed by atoms with Gasteiger partial charge in [0.1, 0.15) is 5.82 Å². The minimum absolute atomic E-state index is 0.0759. The quantitative estimate of drug-likeness (QED) is 0.375. The molecule has 0 radical (unpaired) electrons. The number of pyridine rings is 1. The number of fused-ring (bicyclic) bond motifs is 1. The molecule has 1 aromatic carbocycles. The molecule has 5 nitrogen and oxygen atoms in total. The number of carboxylic acids is 1. The smallest absolute Gasteiger partial charge is 0.305 e. The second-order valence-electron chi connectivity index (χ2n) is 9.53. The number of allylic oxidation sites excluding steroid dienone is 2. The number of carboxylic acid groups (broad SMARTS) is 1. The third kappa shape index (κ3) is 6.86. The summed E-state index contributed by atoms with van der Waals surface area (Å²) in [4.78, 5) is 16.0. The second kappa shape index (κ2) is 12.2. The fraction of sp³-hybridized carbons (Fsp3) is 0.448. The van der Waals surface area contributed by atoms with E-state index in [0.717, 1.165) is 65.7 Å². The minimum atomic E-state index is -1.14.